The molecule has 1 saturated heterocycles. The van der Waals surface area contributed by atoms with Crippen LogP contribution < -0.4 is 0 Å². The van der Waals surface area contributed by atoms with Gasteiger partial charge in [0.1, 0.15) is 5.76 Å². The van der Waals surface area contributed by atoms with Crippen molar-refractivity contribution in [3.8, 4) is 0 Å². The molecule has 1 aliphatic heterocycles. The number of rotatable bonds is 4. The summed E-state index contributed by atoms with van der Waals surface area (Å²) in [4.78, 5) is 13.1. The first-order valence-corrected chi connectivity index (χ1v) is 6.64. The van der Waals surface area contributed by atoms with Crippen LogP contribution in [-0.4, -0.2) is 52.5 Å². The summed E-state index contributed by atoms with van der Waals surface area (Å²) in [5.74, 6) is -0.440. The van der Waals surface area contributed by atoms with Crippen molar-refractivity contribution < 1.29 is 24.2 Å². The molecule has 2 heterocycles. The number of aliphatic hydroxyl groups is 1. The zero-order valence-corrected chi connectivity index (χ0v) is 12.0. The Morgan fingerprint density at radius 2 is 2.25 bits per heavy atom. The number of morpholine rings is 1. The fraction of sp³-hybridized carbons (Fsp3) is 0.643. The van der Waals surface area contributed by atoms with Crippen LogP contribution in [0.2, 0.25) is 0 Å². The minimum atomic E-state index is -1.05. The monoisotopic (exact) mass is 283 g/mol. The lowest BCUT2D eigenvalue weighted by atomic mass is 10.1. The number of carboxylic acid groups (broad SMARTS) is 1. The third-order valence-corrected chi connectivity index (χ3v) is 3.30. The van der Waals surface area contributed by atoms with E-state index < -0.39 is 5.97 Å². The maximum absolute atomic E-state index is 11.0. The molecule has 1 unspecified atom stereocenters. The molecule has 20 heavy (non-hydrogen) atoms. The molecule has 2 N–H and O–H groups in total. The smallest absolute Gasteiger partial charge is 0.372 e. The maximum atomic E-state index is 11.0. The van der Waals surface area contributed by atoms with E-state index in [0.717, 1.165) is 0 Å². The molecule has 0 amide bonds. The van der Waals surface area contributed by atoms with Crippen molar-refractivity contribution in [3.63, 3.8) is 0 Å². The number of hydrogen-bond acceptors (Lipinski definition) is 5. The Kier molecular flexibility index (Phi) is 4.17. The van der Waals surface area contributed by atoms with Crippen LogP contribution in [0.25, 0.3) is 0 Å². The van der Waals surface area contributed by atoms with Gasteiger partial charge in [-0.1, -0.05) is 0 Å². The van der Waals surface area contributed by atoms with Gasteiger partial charge in [-0.25, -0.2) is 4.79 Å². The minimum absolute atomic E-state index is 0.00812. The molecule has 1 aliphatic rings. The molecule has 0 aromatic carbocycles. The lowest BCUT2D eigenvalue weighted by molar-refractivity contribution is -0.151. The zero-order chi connectivity index (χ0) is 14.9. The topological polar surface area (TPSA) is 83.1 Å². The average molecular weight is 283 g/mol. The maximum Gasteiger partial charge on any atom is 0.372 e. The second-order valence-electron chi connectivity index (χ2n) is 5.88. The van der Waals surface area contributed by atoms with Gasteiger partial charge in [0.2, 0.25) is 5.76 Å². The number of aromatic carboxylic acids is 1. The fourth-order valence-corrected chi connectivity index (χ4v) is 2.69. The van der Waals surface area contributed by atoms with Gasteiger partial charge in [0.25, 0.3) is 0 Å². The SMILES string of the molecule is Cc1cc(CN2CC(CO)OC(C)(C)C2)oc1C(=O)O. The van der Waals surface area contributed by atoms with Crippen LogP contribution in [0.15, 0.2) is 10.5 Å². The third-order valence-electron chi connectivity index (χ3n) is 3.30. The predicted molar refractivity (Wildman–Crippen MR) is 71.7 cm³/mol. The van der Waals surface area contributed by atoms with Crippen molar-refractivity contribution in [2.45, 2.75) is 39.0 Å². The van der Waals surface area contributed by atoms with E-state index in [1.54, 1.807) is 13.0 Å². The molecular weight excluding hydrogens is 262 g/mol. The second-order valence-corrected chi connectivity index (χ2v) is 5.88. The van der Waals surface area contributed by atoms with E-state index in [0.29, 0.717) is 31.0 Å². The Hall–Kier alpha value is -1.37. The lowest BCUT2D eigenvalue weighted by Gasteiger charge is -2.42. The fourth-order valence-electron chi connectivity index (χ4n) is 2.69. The molecule has 0 saturated carbocycles. The van der Waals surface area contributed by atoms with Crippen LogP contribution in [-0.2, 0) is 11.3 Å². The first-order valence-electron chi connectivity index (χ1n) is 6.64. The van der Waals surface area contributed by atoms with Crippen molar-refractivity contribution in [3.05, 3.63) is 23.2 Å². The van der Waals surface area contributed by atoms with Gasteiger partial charge in [-0.2, -0.15) is 0 Å². The molecular formula is C14H21NO5. The van der Waals surface area contributed by atoms with Crippen LogP contribution in [0.5, 0.6) is 0 Å². The largest absolute Gasteiger partial charge is 0.475 e. The van der Waals surface area contributed by atoms with Gasteiger partial charge in [0, 0.05) is 18.7 Å². The number of aryl methyl sites for hydroxylation is 1. The summed E-state index contributed by atoms with van der Waals surface area (Å²) >= 11 is 0. The van der Waals surface area contributed by atoms with Gasteiger partial charge in [-0.3, -0.25) is 4.90 Å². The van der Waals surface area contributed by atoms with E-state index in [1.807, 2.05) is 13.8 Å². The highest BCUT2D eigenvalue weighted by Crippen LogP contribution is 2.24. The molecule has 6 heteroatoms. The van der Waals surface area contributed by atoms with E-state index in [2.05, 4.69) is 4.90 Å². The molecule has 0 radical (unpaired) electrons. The summed E-state index contributed by atoms with van der Waals surface area (Å²) in [7, 11) is 0. The summed E-state index contributed by atoms with van der Waals surface area (Å²) < 4.78 is 11.1. The molecule has 1 aromatic heterocycles. The molecule has 2 rings (SSSR count). The highest BCUT2D eigenvalue weighted by atomic mass is 16.5. The molecule has 0 aliphatic carbocycles. The van der Waals surface area contributed by atoms with Crippen LogP contribution in [0.3, 0.4) is 0 Å². The van der Waals surface area contributed by atoms with E-state index in [1.165, 1.54) is 0 Å². The average Bonchev–Trinajstić information content (AvgIpc) is 2.68. The number of ether oxygens (including phenoxy) is 1. The number of nitrogens with zero attached hydrogens (tertiary/aromatic N) is 1. The predicted octanol–water partition coefficient (Wildman–Crippen LogP) is 1.26. The van der Waals surface area contributed by atoms with Gasteiger partial charge < -0.3 is 19.4 Å². The first-order chi connectivity index (χ1) is 9.30. The summed E-state index contributed by atoms with van der Waals surface area (Å²) in [6.45, 7) is 7.44. The molecule has 112 valence electrons. The van der Waals surface area contributed by atoms with Crippen LogP contribution in [0.1, 0.15) is 35.7 Å². The third kappa shape index (κ3) is 3.39. The molecule has 1 fully saturated rings. The zero-order valence-electron chi connectivity index (χ0n) is 12.0. The molecule has 6 nitrogen and oxygen atoms in total. The highest BCUT2D eigenvalue weighted by molar-refractivity contribution is 5.86. The van der Waals surface area contributed by atoms with E-state index in [-0.39, 0.29) is 24.1 Å². The van der Waals surface area contributed by atoms with Crippen molar-refractivity contribution in [2.75, 3.05) is 19.7 Å². The van der Waals surface area contributed by atoms with Crippen LogP contribution in [0, 0.1) is 6.92 Å². The van der Waals surface area contributed by atoms with Gasteiger partial charge in [-0.15, -0.1) is 0 Å². The minimum Gasteiger partial charge on any atom is -0.475 e. The second kappa shape index (κ2) is 5.55. The molecule has 0 spiro atoms. The summed E-state index contributed by atoms with van der Waals surface area (Å²) in [6, 6.07) is 1.75. The Morgan fingerprint density at radius 3 is 2.80 bits per heavy atom. The van der Waals surface area contributed by atoms with E-state index in [9.17, 15) is 9.90 Å². The molecule has 0 bridgehead atoms. The first kappa shape index (κ1) is 15.0. The Balaban J connectivity index is 2.09. The number of hydrogen-bond donors (Lipinski definition) is 2. The van der Waals surface area contributed by atoms with Crippen LogP contribution >= 0.6 is 0 Å². The highest BCUT2D eigenvalue weighted by Gasteiger charge is 2.33. The van der Waals surface area contributed by atoms with Gasteiger partial charge in [-0.05, 0) is 26.8 Å². The van der Waals surface area contributed by atoms with Gasteiger partial charge in [0.05, 0.1) is 24.9 Å². The quantitative estimate of drug-likeness (QED) is 0.865. The Bertz CT molecular complexity index is 494. The van der Waals surface area contributed by atoms with Gasteiger partial charge in [0.15, 0.2) is 0 Å². The normalized spacial score (nSPS) is 22.9. The van der Waals surface area contributed by atoms with Crippen molar-refractivity contribution in [1.82, 2.24) is 4.90 Å². The number of aliphatic hydroxyl groups excluding tert-OH is 1. The van der Waals surface area contributed by atoms with E-state index >= 15 is 0 Å². The number of furan rings is 1. The molecule has 1 aromatic rings. The Labute approximate surface area is 117 Å². The van der Waals surface area contributed by atoms with Gasteiger partial charge >= 0.3 is 5.97 Å². The van der Waals surface area contributed by atoms with Crippen molar-refractivity contribution in [1.29, 1.82) is 0 Å². The summed E-state index contributed by atoms with van der Waals surface area (Å²) in [5.41, 5.74) is 0.279. The molecule has 1 atom stereocenters. The lowest BCUT2D eigenvalue weighted by Crippen LogP contribution is -2.53. The van der Waals surface area contributed by atoms with Crippen molar-refractivity contribution in [2.24, 2.45) is 0 Å². The Morgan fingerprint density at radius 1 is 1.55 bits per heavy atom. The standard InChI is InChI=1S/C14H21NO5/c1-9-4-10(19-12(9)13(17)18)5-15-6-11(7-16)20-14(2,3)8-15/h4,11,16H,5-8H2,1-3H3,(H,17,18). The summed E-state index contributed by atoms with van der Waals surface area (Å²) in [5, 5.41) is 18.3. The number of carbonyl (C=O) groups is 1. The van der Waals surface area contributed by atoms with Crippen LogP contribution in [0.4, 0.5) is 0 Å². The number of carboxylic acids is 1. The summed E-state index contributed by atoms with van der Waals surface area (Å²) in [6.07, 6.45) is -0.228. The van der Waals surface area contributed by atoms with Crippen molar-refractivity contribution >= 4 is 5.97 Å². The van der Waals surface area contributed by atoms with E-state index in [4.69, 9.17) is 14.3 Å².